The second-order valence-corrected chi connectivity index (χ2v) is 13.3. The summed E-state index contributed by atoms with van der Waals surface area (Å²) in [5, 5.41) is 0.513. The zero-order valence-corrected chi connectivity index (χ0v) is 28.5. The van der Waals surface area contributed by atoms with Crippen LogP contribution >= 0.6 is 11.6 Å². The van der Waals surface area contributed by atoms with Crippen LogP contribution in [0.4, 0.5) is 25.5 Å². The SMILES string of the molecule is Cc1ccnc(Oc2ccc(-c3c(-c4ccc(N)cc4Cl)n(C)c4ncnc(N(C(=O)OC(C)(C)C)C(=O)OC(C)(C)C)c34)cc2F)n1. The van der Waals surface area contributed by atoms with Gasteiger partial charge in [-0.2, -0.15) is 4.90 Å². The Morgan fingerprint density at radius 2 is 1.60 bits per heavy atom. The predicted molar refractivity (Wildman–Crippen MR) is 181 cm³/mol. The van der Waals surface area contributed by atoms with Crippen LogP contribution in [0.15, 0.2) is 55.0 Å². The molecule has 0 radical (unpaired) electrons. The highest BCUT2D eigenvalue weighted by molar-refractivity contribution is 6.34. The van der Waals surface area contributed by atoms with Crippen LogP contribution in [-0.2, 0) is 16.5 Å². The number of carbonyl (C=O) groups excluding carboxylic acids is 2. The van der Waals surface area contributed by atoms with Gasteiger partial charge in [-0.1, -0.05) is 17.7 Å². The number of imide groups is 1. The topological polar surface area (TPSA) is 148 Å². The normalized spacial score (nSPS) is 11.8. The third-order valence-electron chi connectivity index (χ3n) is 6.75. The fourth-order valence-electron chi connectivity index (χ4n) is 4.90. The summed E-state index contributed by atoms with van der Waals surface area (Å²) in [7, 11) is 1.72. The van der Waals surface area contributed by atoms with Crippen molar-refractivity contribution in [3.05, 3.63) is 71.5 Å². The molecule has 2 amide bonds. The summed E-state index contributed by atoms with van der Waals surface area (Å²) < 4.78 is 34.5. The number of fused-ring (bicyclic) bond motifs is 1. The van der Waals surface area contributed by atoms with E-state index in [-0.39, 0.29) is 23.0 Å². The molecule has 0 aliphatic rings. The van der Waals surface area contributed by atoms with E-state index in [4.69, 9.17) is 31.5 Å². The van der Waals surface area contributed by atoms with E-state index >= 15 is 4.39 Å². The van der Waals surface area contributed by atoms with Crippen LogP contribution in [0.2, 0.25) is 5.02 Å². The Morgan fingerprint density at radius 3 is 2.19 bits per heavy atom. The third-order valence-corrected chi connectivity index (χ3v) is 7.07. The van der Waals surface area contributed by atoms with Crippen LogP contribution in [-0.4, -0.2) is 47.9 Å². The molecule has 0 fully saturated rings. The molecular formula is C34H35ClFN7O5. The van der Waals surface area contributed by atoms with Crippen molar-refractivity contribution in [1.29, 1.82) is 0 Å². The summed E-state index contributed by atoms with van der Waals surface area (Å²) >= 11 is 6.74. The molecule has 0 saturated heterocycles. The lowest BCUT2D eigenvalue weighted by Crippen LogP contribution is -2.44. The molecule has 0 spiro atoms. The maximum Gasteiger partial charge on any atom is 0.425 e. The minimum atomic E-state index is -1.04. The average molecular weight is 676 g/mol. The van der Waals surface area contributed by atoms with E-state index in [1.807, 2.05) is 0 Å². The molecule has 0 aliphatic carbocycles. The minimum absolute atomic E-state index is 0.0257. The maximum absolute atomic E-state index is 15.9. The number of rotatable bonds is 5. The summed E-state index contributed by atoms with van der Waals surface area (Å²) in [5.41, 5.74) is 7.08. The van der Waals surface area contributed by atoms with E-state index in [0.29, 0.717) is 49.3 Å². The number of aryl methyl sites for hydroxylation is 2. The van der Waals surface area contributed by atoms with Gasteiger partial charge in [0, 0.05) is 35.8 Å². The van der Waals surface area contributed by atoms with Gasteiger partial charge < -0.3 is 24.5 Å². The van der Waals surface area contributed by atoms with E-state index < -0.39 is 29.2 Å². The van der Waals surface area contributed by atoms with Crippen molar-refractivity contribution in [2.45, 2.75) is 59.7 Å². The molecule has 5 rings (SSSR count). The van der Waals surface area contributed by atoms with Gasteiger partial charge in [-0.3, -0.25) is 0 Å². The summed E-state index contributed by atoms with van der Waals surface area (Å²) in [4.78, 5) is 45.3. The van der Waals surface area contributed by atoms with E-state index in [2.05, 4.69) is 19.9 Å². The van der Waals surface area contributed by atoms with Crippen LogP contribution in [0, 0.1) is 12.7 Å². The smallest absolute Gasteiger partial charge is 0.425 e. The van der Waals surface area contributed by atoms with Gasteiger partial charge in [0.1, 0.15) is 23.2 Å². The third kappa shape index (κ3) is 7.15. The van der Waals surface area contributed by atoms with Crippen molar-refractivity contribution in [3.8, 4) is 34.1 Å². The van der Waals surface area contributed by atoms with Crippen LogP contribution in [0.1, 0.15) is 47.2 Å². The Labute approximate surface area is 281 Å². The molecule has 0 unspecified atom stereocenters. The highest BCUT2D eigenvalue weighted by Gasteiger charge is 2.37. The number of anilines is 2. The van der Waals surface area contributed by atoms with Crippen molar-refractivity contribution in [2.75, 3.05) is 10.6 Å². The quantitative estimate of drug-likeness (QED) is 0.181. The molecule has 3 aromatic heterocycles. The van der Waals surface area contributed by atoms with Gasteiger partial charge in [0.2, 0.25) is 0 Å². The van der Waals surface area contributed by atoms with Crippen molar-refractivity contribution in [3.63, 3.8) is 0 Å². The van der Waals surface area contributed by atoms with Gasteiger partial charge >= 0.3 is 18.2 Å². The van der Waals surface area contributed by atoms with Gasteiger partial charge in [0.25, 0.3) is 0 Å². The Morgan fingerprint density at radius 1 is 0.938 bits per heavy atom. The number of ether oxygens (including phenoxy) is 3. The average Bonchev–Trinajstić information content (AvgIpc) is 3.25. The molecule has 12 nitrogen and oxygen atoms in total. The summed E-state index contributed by atoms with van der Waals surface area (Å²) in [6, 6.07) is 10.9. The number of nitrogens with zero attached hydrogens (tertiary/aromatic N) is 6. The first-order chi connectivity index (χ1) is 22.4. The zero-order chi connectivity index (χ0) is 35.1. The Bertz CT molecular complexity index is 2020. The maximum atomic E-state index is 15.9. The molecule has 48 heavy (non-hydrogen) atoms. The largest absolute Gasteiger partial charge is 0.443 e. The summed E-state index contributed by atoms with van der Waals surface area (Å²) in [5.74, 6) is -1.02. The van der Waals surface area contributed by atoms with Gasteiger partial charge in [-0.05, 0) is 90.4 Å². The van der Waals surface area contributed by atoms with E-state index in [9.17, 15) is 9.59 Å². The molecular weight excluding hydrogens is 641 g/mol. The number of nitrogen functional groups attached to an aromatic ring is 1. The first-order valence-corrected chi connectivity index (χ1v) is 15.2. The highest BCUT2D eigenvalue weighted by Crippen LogP contribution is 2.46. The Kier molecular flexibility index (Phi) is 9.02. The number of amides is 2. The number of aromatic nitrogens is 5. The number of hydrogen-bond acceptors (Lipinski definition) is 10. The van der Waals surface area contributed by atoms with Crippen molar-refractivity contribution < 1.29 is 28.2 Å². The van der Waals surface area contributed by atoms with Crippen molar-refractivity contribution in [1.82, 2.24) is 24.5 Å². The molecule has 0 atom stereocenters. The summed E-state index contributed by atoms with van der Waals surface area (Å²) in [6.45, 7) is 11.7. The monoisotopic (exact) mass is 675 g/mol. The molecule has 14 heteroatoms. The molecule has 0 saturated carbocycles. The fourth-order valence-corrected chi connectivity index (χ4v) is 5.18. The molecule has 2 aromatic carbocycles. The number of hydrogen-bond donors (Lipinski definition) is 1. The van der Waals surface area contributed by atoms with Gasteiger partial charge in [0.05, 0.1) is 16.1 Å². The first kappa shape index (κ1) is 34.0. The number of benzene rings is 2. The zero-order valence-electron chi connectivity index (χ0n) is 27.8. The molecule has 3 heterocycles. The van der Waals surface area contributed by atoms with Crippen molar-refractivity contribution >= 4 is 46.3 Å². The number of nitrogens with two attached hydrogens (primary N) is 1. The highest BCUT2D eigenvalue weighted by atomic mass is 35.5. The second kappa shape index (κ2) is 12.7. The number of halogens is 2. The standard InChI is InChI=1S/C34H35ClFN7O5/c1-18-13-14-38-30(41-18)46-24-12-9-19(15-23(24)36)25-26-28(42(8)27(25)21-11-10-20(37)16-22(21)35)39-17-40-29(26)43(31(44)47-33(2,3)4)32(45)48-34(5,6)7/h9-17H,37H2,1-8H3. The predicted octanol–water partition coefficient (Wildman–Crippen LogP) is 8.24. The summed E-state index contributed by atoms with van der Waals surface area (Å²) in [6.07, 6.45) is 0.640. The van der Waals surface area contributed by atoms with Gasteiger partial charge in [-0.15, -0.1) is 0 Å². The van der Waals surface area contributed by atoms with Crippen LogP contribution in [0.5, 0.6) is 11.8 Å². The molecule has 0 bridgehead atoms. The Hall–Kier alpha value is -5.30. The lowest BCUT2D eigenvalue weighted by molar-refractivity contribution is 0.0429. The first-order valence-electron chi connectivity index (χ1n) is 14.9. The van der Waals surface area contributed by atoms with Crippen LogP contribution in [0.25, 0.3) is 33.4 Å². The Balaban J connectivity index is 1.81. The molecule has 5 aromatic rings. The second-order valence-electron chi connectivity index (χ2n) is 12.9. The van der Waals surface area contributed by atoms with Crippen molar-refractivity contribution in [2.24, 2.45) is 7.05 Å². The molecule has 2 N–H and O–H groups in total. The minimum Gasteiger partial charge on any atom is -0.443 e. The van der Waals surface area contributed by atoms with Gasteiger partial charge in [-0.25, -0.2) is 33.9 Å². The van der Waals surface area contributed by atoms with E-state index in [1.165, 1.54) is 24.7 Å². The lowest BCUT2D eigenvalue weighted by atomic mass is 9.98. The van der Waals surface area contributed by atoms with Gasteiger partial charge in [0.15, 0.2) is 17.4 Å². The van der Waals surface area contributed by atoms with Crippen LogP contribution in [0.3, 0.4) is 0 Å². The lowest BCUT2D eigenvalue weighted by Gasteiger charge is -2.28. The molecule has 250 valence electrons. The van der Waals surface area contributed by atoms with E-state index in [1.54, 1.807) is 90.4 Å². The fraction of sp³-hybridized carbons (Fsp3) is 0.294. The van der Waals surface area contributed by atoms with Crippen LogP contribution < -0.4 is 15.4 Å². The number of carbonyl (C=O) groups is 2. The van der Waals surface area contributed by atoms with E-state index in [0.717, 1.165) is 0 Å². The molecule has 0 aliphatic heterocycles.